The number of benzene rings is 3. The summed E-state index contributed by atoms with van der Waals surface area (Å²) in [7, 11) is 0. The molecule has 1 aliphatic heterocycles. The van der Waals surface area contributed by atoms with Crippen LogP contribution < -0.4 is 10.4 Å². The Labute approximate surface area is 212 Å². The van der Waals surface area contributed by atoms with Crippen LogP contribution in [-0.4, -0.2) is 27.5 Å². The minimum atomic E-state index is 0.0193. The molecule has 1 saturated heterocycles. The third-order valence-corrected chi connectivity index (χ3v) is 7.85. The molecule has 36 heavy (non-hydrogen) atoms. The van der Waals surface area contributed by atoms with Crippen LogP contribution in [0.1, 0.15) is 55.2 Å². The number of hydrogen-bond donors (Lipinski definition) is 1. The molecule has 3 aromatic carbocycles. The largest absolute Gasteiger partial charge is 0.489 e. The van der Waals surface area contributed by atoms with E-state index in [1.165, 1.54) is 23.2 Å². The maximum atomic E-state index is 12.6. The molecule has 1 fully saturated rings. The Morgan fingerprint density at radius 3 is 2.36 bits per heavy atom. The minimum Gasteiger partial charge on any atom is -0.489 e. The third-order valence-electron chi connectivity index (χ3n) is 7.85. The van der Waals surface area contributed by atoms with Crippen molar-refractivity contribution >= 4 is 11.0 Å². The molecule has 184 valence electrons. The fraction of sp³-hybridized carbons (Fsp3) is 0.323. The van der Waals surface area contributed by atoms with Gasteiger partial charge >= 0.3 is 5.69 Å². The van der Waals surface area contributed by atoms with E-state index in [0.29, 0.717) is 12.5 Å². The highest BCUT2D eigenvalue weighted by Crippen LogP contribution is 2.36. The van der Waals surface area contributed by atoms with Gasteiger partial charge in [0, 0.05) is 24.8 Å². The number of nitrogens with zero attached hydrogens (tertiary/aromatic N) is 2. The fourth-order valence-electron chi connectivity index (χ4n) is 5.84. The van der Waals surface area contributed by atoms with E-state index in [1.807, 2.05) is 47.0 Å². The molecular weight excluding hydrogens is 446 g/mol. The van der Waals surface area contributed by atoms with Gasteiger partial charge in [-0.05, 0) is 73.4 Å². The van der Waals surface area contributed by atoms with E-state index in [-0.39, 0.29) is 11.7 Å². The van der Waals surface area contributed by atoms with Gasteiger partial charge in [-0.15, -0.1) is 0 Å². The first-order chi connectivity index (χ1) is 17.7. The first kappa shape index (κ1) is 22.7. The molecule has 5 nitrogen and oxygen atoms in total. The summed E-state index contributed by atoms with van der Waals surface area (Å²) in [4.78, 5) is 18.1. The topological polar surface area (TPSA) is 50.3 Å². The van der Waals surface area contributed by atoms with E-state index < -0.39 is 0 Å². The Morgan fingerprint density at radius 2 is 1.61 bits per heavy atom. The summed E-state index contributed by atoms with van der Waals surface area (Å²) in [5.41, 5.74) is 6.04. The van der Waals surface area contributed by atoms with E-state index in [2.05, 4.69) is 52.4 Å². The number of imidazole rings is 1. The first-order valence-electron chi connectivity index (χ1n) is 13.1. The molecule has 1 atom stereocenters. The van der Waals surface area contributed by atoms with Crippen molar-refractivity contribution in [3.8, 4) is 5.75 Å². The lowest BCUT2D eigenvalue weighted by Crippen LogP contribution is -2.37. The van der Waals surface area contributed by atoms with E-state index in [1.54, 1.807) is 0 Å². The molecule has 1 N–H and O–H groups in total. The van der Waals surface area contributed by atoms with Crippen LogP contribution in [0, 0.1) is 0 Å². The predicted octanol–water partition coefficient (Wildman–Crippen LogP) is 6.40. The Bertz CT molecular complexity index is 1390. The van der Waals surface area contributed by atoms with Crippen molar-refractivity contribution < 1.29 is 4.74 Å². The quantitative estimate of drug-likeness (QED) is 0.348. The standard InChI is InChI=1S/C31H33N3O2/c35-31-32-29-8-4-5-9-30(29)34(31)27-18-20-33(21-19-27)26-14-10-24(11-15-26)25-12-16-28(17-13-25)36-22-23-6-2-1-3-7-23/h1-9,12-14,16-17,24,27H,10-11,15,18-22H2,(H,32,35). The average molecular weight is 480 g/mol. The van der Waals surface area contributed by atoms with Crippen molar-refractivity contribution in [3.05, 3.63) is 112 Å². The van der Waals surface area contributed by atoms with Gasteiger partial charge in [-0.2, -0.15) is 0 Å². The van der Waals surface area contributed by atoms with Gasteiger partial charge in [0.1, 0.15) is 12.4 Å². The monoisotopic (exact) mass is 479 g/mol. The van der Waals surface area contributed by atoms with E-state index in [4.69, 9.17) is 4.74 Å². The number of rotatable bonds is 6. The SMILES string of the molecule is O=c1[nH]c2ccccc2n1C1CCN(C2=CCC(c3ccc(OCc4ccccc4)cc3)CC2)CC1. The van der Waals surface area contributed by atoms with Crippen molar-refractivity contribution in [2.75, 3.05) is 13.1 Å². The van der Waals surface area contributed by atoms with Crippen LogP contribution in [0.2, 0.25) is 0 Å². The summed E-state index contributed by atoms with van der Waals surface area (Å²) < 4.78 is 7.93. The van der Waals surface area contributed by atoms with Gasteiger partial charge < -0.3 is 14.6 Å². The molecule has 1 aromatic heterocycles. The molecule has 6 rings (SSSR count). The van der Waals surface area contributed by atoms with Crippen LogP contribution >= 0.6 is 0 Å². The number of para-hydroxylation sites is 2. The lowest BCUT2D eigenvalue weighted by atomic mass is 9.86. The number of aromatic amines is 1. The van der Waals surface area contributed by atoms with Crippen LogP contribution in [0.3, 0.4) is 0 Å². The predicted molar refractivity (Wildman–Crippen MR) is 144 cm³/mol. The highest BCUT2D eigenvalue weighted by molar-refractivity contribution is 5.75. The second-order valence-electron chi connectivity index (χ2n) is 10.0. The zero-order valence-electron chi connectivity index (χ0n) is 20.6. The van der Waals surface area contributed by atoms with E-state index in [9.17, 15) is 4.79 Å². The zero-order valence-corrected chi connectivity index (χ0v) is 20.6. The third kappa shape index (κ3) is 4.70. The molecule has 0 saturated carbocycles. The maximum Gasteiger partial charge on any atom is 0.326 e. The fourth-order valence-corrected chi connectivity index (χ4v) is 5.84. The molecule has 1 unspecified atom stereocenters. The average Bonchev–Trinajstić information content (AvgIpc) is 3.28. The Hall–Kier alpha value is -3.73. The van der Waals surface area contributed by atoms with E-state index >= 15 is 0 Å². The van der Waals surface area contributed by atoms with Crippen molar-refractivity contribution in [2.24, 2.45) is 0 Å². The molecule has 4 aromatic rings. The number of nitrogens with one attached hydrogen (secondary N) is 1. The van der Waals surface area contributed by atoms with Crippen LogP contribution in [0.25, 0.3) is 11.0 Å². The molecule has 0 radical (unpaired) electrons. The Kier molecular flexibility index (Phi) is 6.37. The summed E-state index contributed by atoms with van der Waals surface area (Å²) in [6.07, 6.45) is 7.85. The molecule has 1 aliphatic carbocycles. The number of allylic oxidation sites excluding steroid dienone is 2. The summed E-state index contributed by atoms with van der Waals surface area (Å²) in [6.45, 7) is 2.63. The van der Waals surface area contributed by atoms with Crippen LogP contribution in [0.5, 0.6) is 5.75 Å². The Morgan fingerprint density at radius 1 is 0.861 bits per heavy atom. The minimum absolute atomic E-state index is 0.0193. The van der Waals surface area contributed by atoms with Gasteiger partial charge in [0.2, 0.25) is 0 Å². The van der Waals surface area contributed by atoms with Crippen molar-refractivity contribution in [1.82, 2.24) is 14.5 Å². The Balaban J connectivity index is 1.03. The number of ether oxygens (including phenoxy) is 1. The second-order valence-corrected chi connectivity index (χ2v) is 10.0. The second kappa shape index (κ2) is 10.1. The van der Waals surface area contributed by atoms with Crippen LogP contribution in [0.15, 0.2) is 95.4 Å². The van der Waals surface area contributed by atoms with Crippen molar-refractivity contribution in [3.63, 3.8) is 0 Å². The number of hydrogen-bond acceptors (Lipinski definition) is 3. The summed E-state index contributed by atoms with van der Waals surface area (Å²) in [5, 5.41) is 0. The maximum absolute atomic E-state index is 12.6. The molecule has 0 amide bonds. The van der Waals surface area contributed by atoms with Gasteiger partial charge in [-0.1, -0.05) is 60.7 Å². The summed E-state index contributed by atoms with van der Waals surface area (Å²) >= 11 is 0. The molecule has 0 bridgehead atoms. The van der Waals surface area contributed by atoms with E-state index in [0.717, 1.165) is 55.6 Å². The lowest BCUT2D eigenvalue weighted by molar-refractivity contribution is 0.217. The highest BCUT2D eigenvalue weighted by Gasteiger charge is 2.26. The van der Waals surface area contributed by atoms with Gasteiger partial charge in [0.15, 0.2) is 0 Å². The molecule has 2 heterocycles. The van der Waals surface area contributed by atoms with Gasteiger partial charge in [0.25, 0.3) is 0 Å². The molecule has 2 aliphatic rings. The summed E-state index contributed by atoms with van der Waals surface area (Å²) in [5.74, 6) is 1.49. The zero-order chi connectivity index (χ0) is 24.3. The van der Waals surface area contributed by atoms with Gasteiger partial charge in [-0.3, -0.25) is 4.57 Å². The highest BCUT2D eigenvalue weighted by atomic mass is 16.5. The van der Waals surface area contributed by atoms with Crippen LogP contribution in [0.4, 0.5) is 0 Å². The van der Waals surface area contributed by atoms with Crippen LogP contribution in [-0.2, 0) is 6.61 Å². The first-order valence-corrected chi connectivity index (χ1v) is 13.1. The van der Waals surface area contributed by atoms with Crippen molar-refractivity contribution in [2.45, 2.75) is 50.7 Å². The molecule has 5 heteroatoms. The number of fused-ring (bicyclic) bond motifs is 1. The van der Waals surface area contributed by atoms with Crippen molar-refractivity contribution in [1.29, 1.82) is 0 Å². The number of likely N-dealkylation sites (tertiary alicyclic amines) is 1. The smallest absolute Gasteiger partial charge is 0.326 e. The van der Waals surface area contributed by atoms with Gasteiger partial charge in [-0.25, -0.2) is 4.79 Å². The number of aromatic nitrogens is 2. The molecule has 0 spiro atoms. The summed E-state index contributed by atoms with van der Waals surface area (Å²) in [6, 6.07) is 27.2. The molecular formula is C31H33N3O2. The number of piperidine rings is 1. The normalized spacial score (nSPS) is 18.8. The number of H-pyrrole nitrogens is 1. The lowest BCUT2D eigenvalue weighted by Gasteiger charge is -2.37. The van der Waals surface area contributed by atoms with Gasteiger partial charge in [0.05, 0.1) is 11.0 Å².